The summed E-state index contributed by atoms with van der Waals surface area (Å²) in [5, 5.41) is 7.11. The molecule has 4 nitrogen and oxygen atoms in total. The number of aryl methyl sites for hydroxylation is 1. The third kappa shape index (κ3) is 3.03. The van der Waals surface area contributed by atoms with E-state index in [9.17, 15) is 0 Å². The van der Waals surface area contributed by atoms with Crippen LogP contribution >= 0.6 is 12.4 Å². The maximum absolute atomic E-state index is 5.15. The van der Waals surface area contributed by atoms with Gasteiger partial charge in [-0.15, -0.1) is 12.4 Å². The average molecular weight is 278 g/mol. The first kappa shape index (κ1) is 13.8. The van der Waals surface area contributed by atoms with Gasteiger partial charge in [0, 0.05) is 12.1 Å². The van der Waals surface area contributed by atoms with E-state index in [0.717, 1.165) is 25.1 Å². The van der Waals surface area contributed by atoms with Gasteiger partial charge in [0.05, 0.1) is 0 Å². The Labute approximate surface area is 118 Å². The molecule has 3 rings (SSSR count). The lowest BCUT2D eigenvalue weighted by Crippen LogP contribution is -2.19. The van der Waals surface area contributed by atoms with Crippen LogP contribution in [0.15, 0.2) is 34.9 Å². The summed E-state index contributed by atoms with van der Waals surface area (Å²) < 4.78 is 5.15. The predicted octanol–water partition coefficient (Wildman–Crippen LogP) is 2.84. The number of benzene rings is 1. The van der Waals surface area contributed by atoms with Crippen LogP contribution in [0, 0.1) is 6.92 Å². The predicted molar refractivity (Wildman–Crippen MR) is 77.2 cm³/mol. The summed E-state index contributed by atoms with van der Waals surface area (Å²) in [6.07, 6.45) is 3.33. The fraction of sp³-hybridized carbons (Fsp3) is 0.286. The third-order valence-electron chi connectivity index (χ3n) is 3.09. The van der Waals surface area contributed by atoms with Gasteiger partial charge in [-0.1, -0.05) is 23.4 Å². The summed E-state index contributed by atoms with van der Waals surface area (Å²) in [4.78, 5) is 4.22. The Morgan fingerprint density at radius 2 is 1.89 bits per heavy atom. The number of aromatic nitrogens is 2. The van der Waals surface area contributed by atoms with Crippen LogP contribution in [0.25, 0.3) is 17.0 Å². The second kappa shape index (κ2) is 5.99. The van der Waals surface area contributed by atoms with Gasteiger partial charge in [0.1, 0.15) is 0 Å². The van der Waals surface area contributed by atoms with E-state index in [-0.39, 0.29) is 12.4 Å². The first-order valence-corrected chi connectivity index (χ1v) is 6.14. The molecule has 0 radical (unpaired) electrons. The molecule has 0 aliphatic carbocycles. The van der Waals surface area contributed by atoms with Gasteiger partial charge in [-0.05, 0) is 43.2 Å². The van der Waals surface area contributed by atoms with E-state index in [4.69, 9.17) is 4.52 Å². The van der Waals surface area contributed by atoms with Gasteiger partial charge in [-0.2, -0.15) is 4.98 Å². The molecule has 0 bridgehead atoms. The SMILES string of the molecule is Cc1noc(-c2ccc(C3=CCNCC3)cc2)n1.Cl. The van der Waals surface area contributed by atoms with Crippen LogP contribution in [0.2, 0.25) is 0 Å². The third-order valence-corrected chi connectivity index (χ3v) is 3.09. The van der Waals surface area contributed by atoms with Crippen LogP contribution in [-0.4, -0.2) is 23.2 Å². The molecule has 1 aliphatic rings. The highest BCUT2D eigenvalue weighted by molar-refractivity contribution is 5.85. The summed E-state index contributed by atoms with van der Waals surface area (Å²) in [5.74, 6) is 1.24. The quantitative estimate of drug-likeness (QED) is 0.917. The number of nitrogens with zero attached hydrogens (tertiary/aromatic N) is 2. The van der Waals surface area contributed by atoms with Crippen molar-refractivity contribution in [3.63, 3.8) is 0 Å². The lowest BCUT2D eigenvalue weighted by Gasteiger charge is -2.14. The minimum Gasteiger partial charge on any atom is -0.334 e. The number of rotatable bonds is 2. The maximum Gasteiger partial charge on any atom is 0.257 e. The molecule has 0 amide bonds. The maximum atomic E-state index is 5.15. The van der Waals surface area contributed by atoms with Crippen molar-refractivity contribution in [2.45, 2.75) is 13.3 Å². The number of hydrogen-bond acceptors (Lipinski definition) is 4. The summed E-state index contributed by atoms with van der Waals surface area (Å²) in [5.41, 5.74) is 3.65. The molecule has 1 aliphatic heterocycles. The van der Waals surface area contributed by atoms with Crippen molar-refractivity contribution in [2.24, 2.45) is 0 Å². The van der Waals surface area contributed by atoms with E-state index in [1.54, 1.807) is 0 Å². The molecule has 2 heterocycles. The van der Waals surface area contributed by atoms with Crippen LogP contribution in [0.3, 0.4) is 0 Å². The van der Waals surface area contributed by atoms with Gasteiger partial charge in [0.15, 0.2) is 5.82 Å². The van der Waals surface area contributed by atoms with Crippen molar-refractivity contribution < 1.29 is 4.52 Å². The fourth-order valence-corrected chi connectivity index (χ4v) is 2.13. The standard InChI is InChI=1S/C14H15N3O.ClH/c1-10-16-14(18-17-10)13-4-2-11(3-5-13)12-6-8-15-9-7-12;/h2-6,15H,7-9H2,1H3;1H. The van der Waals surface area contributed by atoms with Gasteiger partial charge in [0.25, 0.3) is 5.89 Å². The van der Waals surface area contributed by atoms with Gasteiger partial charge in [-0.25, -0.2) is 0 Å². The highest BCUT2D eigenvalue weighted by Crippen LogP contribution is 2.23. The lowest BCUT2D eigenvalue weighted by molar-refractivity contribution is 0.425. The zero-order valence-electron chi connectivity index (χ0n) is 10.7. The molecule has 0 fully saturated rings. The Kier molecular flexibility index (Phi) is 4.35. The highest BCUT2D eigenvalue weighted by Gasteiger charge is 2.08. The molecule has 19 heavy (non-hydrogen) atoms. The topological polar surface area (TPSA) is 51.0 Å². The number of nitrogens with one attached hydrogen (secondary N) is 1. The first-order chi connectivity index (χ1) is 8.83. The smallest absolute Gasteiger partial charge is 0.257 e. The summed E-state index contributed by atoms with van der Waals surface area (Å²) in [6.45, 7) is 3.83. The Morgan fingerprint density at radius 3 is 2.47 bits per heavy atom. The van der Waals surface area contributed by atoms with E-state index in [0.29, 0.717) is 11.7 Å². The van der Waals surface area contributed by atoms with Crippen LogP contribution in [-0.2, 0) is 0 Å². The normalized spacial score (nSPS) is 14.7. The van der Waals surface area contributed by atoms with E-state index < -0.39 is 0 Å². The largest absolute Gasteiger partial charge is 0.334 e. The molecule has 0 atom stereocenters. The average Bonchev–Trinajstić information content (AvgIpc) is 2.87. The van der Waals surface area contributed by atoms with E-state index in [1.807, 2.05) is 19.1 Å². The molecule has 1 N–H and O–H groups in total. The van der Waals surface area contributed by atoms with Crippen LogP contribution in [0.1, 0.15) is 17.8 Å². The van der Waals surface area contributed by atoms with Crippen molar-refractivity contribution in [3.05, 3.63) is 41.7 Å². The zero-order chi connectivity index (χ0) is 12.4. The Bertz CT molecular complexity index is 575. The Hall–Kier alpha value is -1.65. The Morgan fingerprint density at radius 1 is 1.16 bits per heavy atom. The monoisotopic (exact) mass is 277 g/mol. The Balaban J connectivity index is 0.00000133. The molecular formula is C14H16ClN3O. The van der Waals surface area contributed by atoms with Gasteiger partial charge >= 0.3 is 0 Å². The van der Waals surface area contributed by atoms with Crippen molar-refractivity contribution in [2.75, 3.05) is 13.1 Å². The van der Waals surface area contributed by atoms with Gasteiger partial charge < -0.3 is 9.84 Å². The van der Waals surface area contributed by atoms with Gasteiger partial charge in [-0.3, -0.25) is 0 Å². The van der Waals surface area contributed by atoms with Crippen molar-refractivity contribution in [3.8, 4) is 11.5 Å². The molecule has 1 aromatic heterocycles. The second-order valence-electron chi connectivity index (χ2n) is 4.41. The van der Waals surface area contributed by atoms with Crippen LogP contribution < -0.4 is 5.32 Å². The van der Waals surface area contributed by atoms with Crippen LogP contribution in [0.4, 0.5) is 0 Å². The molecule has 0 spiro atoms. The number of halogens is 1. The molecule has 1 aromatic carbocycles. The number of hydrogen-bond donors (Lipinski definition) is 1. The summed E-state index contributed by atoms with van der Waals surface area (Å²) >= 11 is 0. The fourth-order valence-electron chi connectivity index (χ4n) is 2.13. The minimum absolute atomic E-state index is 0. The lowest BCUT2D eigenvalue weighted by atomic mass is 9.99. The minimum atomic E-state index is 0. The molecule has 0 saturated carbocycles. The van der Waals surface area contributed by atoms with Gasteiger partial charge in [0.2, 0.25) is 0 Å². The van der Waals surface area contributed by atoms with E-state index >= 15 is 0 Å². The molecule has 0 unspecified atom stereocenters. The summed E-state index contributed by atoms with van der Waals surface area (Å²) in [6, 6.07) is 8.30. The van der Waals surface area contributed by atoms with Crippen LogP contribution in [0.5, 0.6) is 0 Å². The van der Waals surface area contributed by atoms with Crippen molar-refractivity contribution in [1.82, 2.24) is 15.5 Å². The summed E-state index contributed by atoms with van der Waals surface area (Å²) in [7, 11) is 0. The molecule has 2 aromatic rings. The van der Waals surface area contributed by atoms with Crippen molar-refractivity contribution >= 4 is 18.0 Å². The van der Waals surface area contributed by atoms with E-state index in [1.165, 1.54) is 11.1 Å². The first-order valence-electron chi connectivity index (χ1n) is 6.14. The molecule has 0 saturated heterocycles. The molecule has 100 valence electrons. The zero-order valence-corrected chi connectivity index (χ0v) is 11.5. The van der Waals surface area contributed by atoms with E-state index in [2.05, 4.69) is 33.7 Å². The molecule has 5 heteroatoms. The second-order valence-corrected chi connectivity index (χ2v) is 4.41. The molecular weight excluding hydrogens is 262 g/mol. The highest BCUT2D eigenvalue weighted by atomic mass is 35.5. The van der Waals surface area contributed by atoms with Crippen molar-refractivity contribution in [1.29, 1.82) is 0 Å².